The number of hydrogen-bond donors (Lipinski definition) is 0. The molecule has 1 fully saturated rings. The van der Waals surface area contributed by atoms with Crippen LogP contribution in [0, 0.1) is 5.95 Å². The van der Waals surface area contributed by atoms with Gasteiger partial charge in [-0.15, -0.1) is 0 Å². The molecule has 82 valence electrons. The molecule has 1 aromatic rings. The average Bonchev–Trinajstić information content (AvgIpc) is 2.22. The molecule has 0 aliphatic carbocycles. The zero-order chi connectivity index (χ0) is 10.8. The van der Waals surface area contributed by atoms with Crippen LogP contribution in [0.5, 0.6) is 0 Å². The number of morpholine rings is 1. The van der Waals surface area contributed by atoms with Crippen molar-refractivity contribution in [1.82, 2.24) is 4.98 Å². The zero-order valence-corrected chi connectivity index (χ0v) is 8.98. The highest BCUT2D eigenvalue weighted by molar-refractivity contribution is 5.39. The third-order valence-corrected chi connectivity index (χ3v) is 2.60. The smallest absolute Gasteiger partial charge is 0.214 e. The second kappa shape index (κ2) is 4.14. The van der Waals surface area contributed by atoms with Crippen LogP contribution in [0.15, 0.2) is 18.2 Å². The van der Waals surface area contributed by atoms with Crippen molar-refractivity contribution in [2.24, 2.45) is 0 Å². The lowest BCUT2D eigenvalue weighted by molar-refractivity contribution is 0.0340. The summed E-state index contributed by atoms with van der Waals surface area (Å²) >= 11 is 0. The largest absolute Gasteiger partial charge is 0.375 e. The summed E-state index contributed by atoms with van der Waals surface area (Å²) in [4.78, 5) is 5.97. The highest BCUT2D eigenvalue weighted by atomic mass is 19.1. The molecule has 0 bridgehead atoms. The molecule has 2 unspecified atom stereocenters. The van der Waals surface area contributed by atoms with E-state index in [1.807, 2.05) is 13.0 Å². The number of aromatic nitrogens is 1. The Kier molecular flexibility index (Phi) is 2.86. The second-order valence-corrected chi connectivity index (χ2v) is 3.96. The fraction of sp³-hybridized carbons (Fsp3) is 0.545. The number of nitrogens with zero attached hydrogens (tertiary/aromatic N) is 2. The Labute approximate surface area is 88.9 Å². The van der Waals surface area contributed by atoms with E-state index in [1.54, 1.807) is 6.07 Å². The molecule has 1 saturated heterocycles. The third kappa shape index (κ3) is 2.26. The van der Waals surface area contributed by atoms with Gasteiger partial charge in [0.1, 0.15) is 5.82 Å². The normalized spacial score (nSPS) is 26.7. The lowest BCUT2D eigenvalue weighted by Gasteiger charge is -2.37. The maximum atomic E-state index is 13.0. The topological polar surface area (TPSA) is 25.4 Å². The van der Waals surface area contributed by atoms with Crippen molar-refractivity contribution in [3.8, 4) is 0 Å². The van der Waals surface area contributed by atoms with Gasteiger partial charge in [0.2, 0.25) is 5.95 Å². The molecular weight excluding hydrogens is 195 g/mol. The van der Waals surface area contributed by atoms with Crippen LogP contribution in [-0.2, 0) is 4.74 Å². The Hall–Kier alpha value is -1.16. The highest BCUT2D eigenvalue weighted by Crippen LogP contribution is 2.19. The summed E-state index contributed by atoms with van der Waals surface area (Å²) in [5.41, 5.74) is 0. The van der Waals surface area contributed by atoms with Crippen LogP contribution in [0.4, 0.5) is 10.2 Å². The van der Waals surface area contributed by atoms with E-state index < -0.39 is 5.95 Å². The summed E-state index contributed by atoms with van der Waals surface area (Å²) in [6, 6.07) is 5.12. The zero-order valence-electron chi connectivity index (χ0n) is 8.98. The van der Waals surface area contributed by atoms with Crippen LogP contribution in [0.1, 0.15) is 13.8 Å². The van der Waals surface area contributed by atoms with Crippen LogP contribution >= 0.6 is 0 Å². The summed E-state index contributed by atoms with van der Waals surface area (Å²) in [6.45, 7) is 5.49. The molecule has 2 rings (SSSR count). The molecule has 0 spiro atoms. The Morgan fingerprint density at radius 2 is 2.27 bits per heavy atom. The average molecular weight is 210 g/mol. The minimum Gasteiger partial charge on any atom is -0.375 e. The number of pyridine rings is 1. The molecule has 2 heterocycles. The van der Waals surface area contributed by atoms with Gasteiger partial charge in [-0.25, -0.2) is 4.98 Å². The fourth-order valence-corrected chi connectivity index (χ4v) is 1.78. The Morgan fingerprint density at radius 1 is 1.47 bits per heavy atom. The summed E-state index contributed by atoms with van der Waals surface area (Å²) in [6.07, 6.45) is 0.172. The van der Waals surface area contributed by atoms with Gasteiger partial charge in [0.15, 0.2) is 0 Å². The van der Waals surface area contributed by atoms with Crippen LogP contribution in [0.2, 0.25) is 0 Å². The van der Waals surface area contributed by atoms with E-state index in [0.717, 1.165) is 6.54 Å². The van der Waals surface area contributed by atoms with Crippen molar-refractivity contribution in [2.45, 2.75) is 26.0 Å². The molecule has 15 heavy (non-hydrogen) atoms. The van der Waals surface area contributed by atoms with E-state index >= 15 is 0 Å². The SMILES string of the molecule is CC1CN(c2cccc(F)n2)C(C)CO1. The predicted molar refractivity (Wildman–Crippen MR) is 56.4 cm³/mol. The van der Waals surface area contributed by atoms with E-state index in [4.69, 9.17) is 4.74 Å². The predicted octanol–water partition coefficient (Wildman–Crippen LogP) is 1.83. The molecule has 0 radical (unpaired) electrons. The van der Waals surface area contributed by atoms with Gasteiger partial charge in [-0.3, -0.25) is 0 Å². The quantitative estimate of drug-likeness (QED) is 0.661. The minimum atomic E-state index is -0.432. The number of rotatable bonds is 1. The summed E-state index contributed by atoms with van der Waals surface area (Å²) in [5, 5.41) is 0. The minimum absolute atomic E-state index is 0.172. The van der Waals surface area contributed by atoms with Crippen molar-refractivity contribution in [2.75, 3.05) is 18.1 Å². The van der Waals surface area contributed by atoms with Crippen molar-refractivity contribution >= 4 is 5.82 Å². The van der Waals surface area contributed by atoms with Gasteiger partial charge < -0.3 is 9.64 Å². The fourth-order valence-electron chi connectivity index (χ4n) is 1.78. The van der Waals surface area contributed by atoms with E-state index in [9.17, 15) is 4.39 Å². The van der Waals surface area contributed by atoms with Gasteiger partial charge in [0.25, 0.3) is 0 Å². The van der Waals surface area contributed by atoms with Crippen LogP contribution in [0.25, 0.3) is 0 Å². The van der Waals surface area contributed by atoms with Gasteiger partial charge in [-0.2, -0.15) is 4.39 Å². The third-order valence-electron chi connectivity index (χ3n) is 2.60. The van der Waals surface area contributed by atoms with Gasteiger partial charge >= 0.3 is 0 Å². The molecule has 0 saturated carbocycles. The maximum absolute atomic E-state index is 13.0. The number of hydrogen-bond acceptors (Lipinski definition) is 3. The van der Waals surface area contributed by atoms with E-state index in [1.165, 1.54) is 6.07 Å². The van der Waals surface area contributed by atoms with E-state index in [-0.39, 0.29) is 12.1 Å². The first kappa shape index (κ1) is 10.4. The highest BCUT2D eigenvalue weighted by Gasteiger charge is 2.24. The summed E-state index contributed by atoms with van der Waals surface area (Å²) in [5.74, 6) is 0.261. The van der Waals surface area contributed by atoms with Gasteiger partial charge in [0.05, 0.1) is 18.8 Å². The van der Waals surface area contributed by atoms with Crippen molar-refractivity contribution in [1.29, 1.82) is 0 Å². The molecule has 3 nitrogen and oxygen atoms in total. The molecule has 0 aromatic carbocycles. The number of ether oxygens (including phenoxy) is 1. The lowest BCUT2D eigenvalue weighted by Crippen LogP contribution is -2.47. The molecule has 2 atom stereocenters. The van der Waals surface area contributed by atoms with Crippen molar-refractivity contribution < 1.29 is 9.13 Å². The first-order chi connectivity index (χ1) is 7.16. The van der Waals surface area contributed by atoms with Gasteiger partial charge in [-0.1, -0.05) is 6.07 Å². The van der Waals surface area contributed by atoms with Crippen LogP contribution < -0.4 is 4.90 Å². The summed E-state index contributed by atoms with van der Waals surface area (Å²) < 4.78 is 18.5. The van der Waals surface area contributed by atoms with Gasteiger partial charge in [0, 0.05) is 6.54 Å². The lowest BCUT2D eigenvalue weighted by atomic mass is 10.2. The molecular formula is C11H15FN2O. The number of halogens is 1. The molecule has 0 N–H and O–H groups in total. The van der Waals surface area contributed by atoms with E-state index in [2.05, 4.69) is 16.8 Å². The molecule has 1 aliphatic heterocycles. The molecule has 0 amide bonds. The Bertz CT molecular complexity index is 345. The number of anilines is 1. The monoisotopic (exact) mass is 210 g/mol. The molecule has 1 aromatic heterocycles. The van der Waals surface area contributed by atoms with Gasteiger partial charge in [-0.05, 0) is 26.0 Å². The Morgan fingerprint density at radius 3 is 3.00 bits per heavy atom. The second-order valence-electron chi connectivity index (χ2n) is 3.96. The van der Waals surface area contributed by atoms with Crippen molar-refractivity contribution in [3.63, 3.8) is 0 Å². The molecule has 1 aliphatic rings. The van der Waals surface area contributed by atoms with Crippen LogP contribution in [0.3, 0.4) is 0 Å². The summed E-state index contributed by atoms with van der Waals surface area (Å²) in [7, 11) is 0. The first-order valence-electron chi connectivity index (χ1n) is 5.17. The van der Waals surface area contributed by atoms with Crippen LogP contribution in [-0.4, -0.2) is 30.3 Å². The van der Waals surface area contributed by atoms with Crippen molar-refractivity contribution in [3.05, 3.63) is 24.1 Å². The first-order valence-corrected chi connectivity index (χ1v) is 5.17. The van der Waals surface area contributed by atoms with E-state index in [0.29, 0.717) is 12.4 Å². The maximum Gasteiger partial charge on any atom is 0.214 e. The standard InChI is InChI=1S/C11H15FN2O/c1-8-7-15-9(2)6-14(8)11-5-3-4-10(12)13-11/h3-5,8-9H,6-7H2,1-2H3. The molecule has 4 heteroatoms. The Balaban J connectivity index is 2.21.